The Kier molecular flexibility index (Phi) is 6.13. The van der Waals surface area contributed by atoms with Crippen LogP contribution < -0.4 is 10.1 Å². The van der Waals surface area contributed by atoms with Crippen LogP contribution in [0.1, 0.15) is 13.8 Å². The highest BCUT2D eigenvalue weighted by Crippen LogP contribution is 2.28. The molecule has 1 aliphatic rings. The molecule has 28 heavy (non-hydrogen) atoms. The van der Waals surface area contributed by atoms with Crippen molar-refractivity contribution in [3.8, 4) is 5.75 Å². The van der Waals surface area contributed by atoms with Gasteiger partial charge in [0.2, 0.25) is 12.2 Å². The van der Waals surface area contributed by atoms with E-state index in [0.717, 1.165) is 10.8 Å². The molecule has 8 heteroatoms. The standard InChI is InChI=1S/C20H23NO7/c1-11(23)21-17-19(26-12(2)24)18(25)16(10-22)28-20(17)27-15-8-7-13-5-3-4-6-14(13)9-15/h3-9,16-20,22,25H,10H2,1-2H3,(H,21,23)/t16-,17+,18+,19-,20-/m1/s1. The molecule has 0 aromatic heterocycles. The van der Waals surface area contributed by atoms with Gasteiger partial charge >= 0.3 is 5.97 Å². The topological polar surface area (TPSA) is 114 Å². The molecule has 0 bridgehead atoms. The highest BCUT2D eigenvalue weighted by atomic mass is 16.7. The van der Waals surface area contributed by atoms with Crippen molar-refractivity contribution < 1.29 is 34.0 Å². The van der Waals surface area contributed by atoms with Crippen LogP contribution in [0.25, 0.3) is 10.8 Å². The molecule has 0 unspecified atom stereocenters. The van der Waals surface area contributed by atoms with E-state index in [4.69, 9.17) is 14.2 Å². The summed E-state index contributed by atoms with van der Waals surface area (Å²) in [5, 5.41) is 24.5. The van der Waals surface area contributed by atoms with Crippen molar-refractivity contribution in [1.82, 2.24) is 5.32 Å². The van der Waals surface area contributed by atoms with Gasteiger partial charge < -0.3 is 29.7 Å². The lowest BCUT2D eigenvalue weighted by molar-refractivity contribution is -0.249. The van der Waals surface area contributed by atoms with Gasteiger partial charge in [0.05, 0.1) is 6.61 Å². The van der Waals surface area contributed by atoms with E-state index in [1.807, 2.05) is 36.4 Å². The third kappa shape index (κ3) is 4.41. The Bertz CT molecular complexity index is 855. The number of benzene rings is 2. The molecule has 3 rings (SSSR count). The zero-order valence-corrected chi connectivity index (χ0v) is 15.6. The molecular formula is C20H23NO7. The molecule has 0 aliphatic carbocycles. The Morgan fingerprint density at radius 3 is 2.50 bits per heavy atom. The number of fused-ring (bicyclic) bond motifs is 1. The summed E-state index contributed by atoms with van der Waals surface area (Å²) in [5.41, 5.74) is 0. The lowest BCUT2D eigenvalue weighted by Gasteiger charge is -2.43. The Balaban J connectivity index is 1.91. The summed E-state index contributed by atoms with van der Waals surface area (Å²) in [4.78, 5) is 23.2. The molecule has 1 heterocycles. The van der Waals surface area contributed by atoms with E-state index < -0.39 is 49.1 Å². The third-order valence-electron chi connectivity index (χ3n) is 4.50. The third-order valence-corrected chi connectivity index (χ3v) is 4.50. The minimum absolute atomic E-state index is 0.410. The molecular weight excluding hydrogens is 366 g/mol. The first-order valence-corrected chi connectivity index (χ1v) is 8.93. The van der Waals surface area contributed by atoms with Crippen LogP contribution in [0, 0.1) is 0 Å². The van der Waals surface area contributed by atoms with E-state index >= 15 is 0 Å². The van der Waals surface area contributed by atoms with Crippen molar-refractivity contribution in [3.05, 3.63) is 42.5 Å². The summed E-state index contributed by atoms with van der Waals surface area (Å²) < 4.78 is 16.8. The maximum atomic E-state index is 11.7. The second kappa shape index (κ2) is 8.55. The monoisotopic (exact) mass is 389 g/mol. The Morgan fingerprint density at radius 2 is 1.86 bits per heavy atom. The quantitative estimate of drug-likeness (QED) is 0.646. The Morgan fingerprint density at radius 1 is 1.14 bits per heavy atom. The van der Waals surface area contributed by atoms with Crippen LogP contribution in [0.5, 0.6) is 5.75 Å². The summed E-state index contributed by atoms with van der Waals surface area (Å²) in [5.74, 6) is -0.580. The first kappa shape index (κ1) is 20.1. The lowest BCUT2D eigenvalue weighted by Crippen LogP contribution is -2.66. The number of ether oxygens (including phenoxy) is 3. The van der Waals surface area contributed by atoms with Gasteiger partial charge in [-0.3, -0.25) is 9.59 Å². The van der Waals surface area contributed by atoms with Gasteiger partial charge in [-0.25, -0.2) is 0 Å². The molecule has 150 valence electrons. The van der Waals surface area contributed by atoms with Gasteiger partial charge in [0, 0.05) is 13.8 Å². The lowest BCUT2D eigenvalue weighted by atomic mass is 9.96. The average Bonchev–Trinajstić information content (AvgIpc) is 2.66. The summed E-state index contributed by atoms with van der Waals surface area (Å²) in [6, 6.07) is 12.2. The van der Waals surface area contributed by atoms with Crippen molar-refractivity contribution >= 4 is 22.6 Å². The summed E-state index contributed by atoms with van der Waals surface area (Å²) in [7, 11) is 0. The SMILES string of the molecule is CC(=O)N[C@@H]1[C@H](Oc2ccc3ccccc3c2)O[C@H](CO)[C@H](O)[C@@H]1OC(C)=O. The first-order valence-electron chi connectivity index (χ1n) is 8.93. The van der Waals surface area contributed by atoms with Crippen LogP contribution in [0.15, 0.2) is 42.5 Å². The van der Waals surface area contributed by atoms with E-state index in [-0.39, 0.29) is 0 Å². The van der Waals surface area contributed by atoms with Crippen molar-refractivity contribution in [2.24, 2.45) is 0 Å². The number of hydrogen-bond acceptors (Lipinski definition) is 7. The fourth-order valence-electron chi connectivity index (χ4n) is 3.26. The zero-order valence-electron chi connectivity index (χ0n) is 15.6. The number of aliphatic hydroxyl groups excluding tert-OH is 2. The maximum Gasteiger partial charge on any atom is 0.303 e. The number of carbonyl (C=O) groups is 2. The van der Waals surface area contributed by atoms with E-state index in [1.54, 1.807) is 6.07 Å². The smallest absolute Gasteiger partial charge is 0.303 e. The van der Waals surface area contributed by atoms with Crippen molar-refractivity contribution in [1.29, 1.82) is 0 Å². The van der Waals surface area contributed by atoms with Gasteiger partial charge in [-0.15, -0.1) is 0 Å². The highest BCUT2D eigenvalue weighted by Gasteiger charge is 2.48. The normalized spacial score (nSPS) is 27.2. The molecule has 0 spiro atoms. The number of nitrogens with one attached hydrogen (secondary N) is 1. The van der Waals surface area contributed by atoms with Gasteiger partial charge in [-0.05, 0) is 22.9 Å². The van der Waals surface area contributed by atoms with Gasteiger partial charge in [0.25, 0.3) is 0 Å². The van der Waals surface area contributed by atoms with Crippen LogP contribution >= 0.6 is 0 Å². The van der Waals surface area contributed by atoms with Gasteiger partial charge in [-0.1, -0.05) is 30.3 Å². The minimum atomic E-state index is -1.33. The fraction of sp³-hybridized carbons (Fsp3) is 0.400. The van der Waals surface area contributed by atoms with Crippen LogP contribution in [0.3, 0.4) is 0 Å². The number of hydrogen-bond donors (Lipinski definition) is 3. The Hall–Kier alpha value is -2.68. The molecule has 1 amide bonds. The van der Waals surface area contributed by atoms with Crippen molar-refractivity contribution in [3.63, 3.8) is 0 Å². The highest BCUT2D eigenvalue weighted by molar-refractivity contribution is 5.83. The summed E-state index contributed by atoms with van der Waals surface area (Å²) >= 11 is 0. The number of aliphatic hydroxyl groups is 2. The van der Waals surface area contributed by atoms with Crippen LogP contribution in [0.4, 0.5) is 0 Å². The Labute approximate surface area is 162 Å². The fourth-order valence-corrected chi connectivity index (χ4v) is 3.26. The predicted molar refractivity (Wildman–Crippen MR) is 99.5 cm³/mol. The predicted octanol–water partition coefficient (Wildman–Crippen LogP) is 0.733. The summed E-state index contributed by atoms with van der Waals surface area (Å²) in [6.07, 6.45) is -4.60. The molecule has 1 saturated heterocycles. The van der Waals surface area contributed by atoms with E-state index in [9.17, 15) is 19.8 Å². The van der Waals surface area contributed by atoms with Gasteiger partial charge in [0.1, 0.15) is 24.0 Å². The van der Waals surface area contributed by atoms with Gasteiger partial charge in [-0.2, -0.15) is 0 Å². The molecule has 5 atom stereocenters. The molecule has 2 aromatic rings. The van der Waals surface area contributed by atoms with Gasteiger partial charge in [0.15, 0.2) is 6.10 Å². The van der Waals surface area contributed by atoms with E-state index in [1.165, 1.54) is 13.8 Å². The number of amides is 1. The van der Waals surface area contributed by atoms with E-state index in [0.29, 0.717) is 5.75 Å². The van der Waals surface area contributed by atoms with Crippen LogP contribution in [-0.2, 0) is 19.1 Å². The molecule has 0 saturated carbocycles. The zero-order chi connectivity index (χ0) is 20.3. The molecule has 1 fully saturated rings. The van der Waals surface area contributed by atoms with Crippen molar-refractivity contribution in [2.45, 2.75) is 44.5 Å². The number of carbonyl (C=O) groups excluding carboxylic acids is 2. The second-order valence-corrected chi connectivity index (χ2v) is 6.64. The molecule has 3 N–H and O–H groups in total. The second-order valence-electron chi connectivity index (χ2n) is 6.64. The average molecular weight is 389 g/mol. The number of esters is 1. The maximum absolute atomic E-state index is 11.7. The molecule has 2 aromatic carbocycles. The minimum Gasteiger partial charge on any atom is -0.463 e. The van der Waals surface area contributed by atoms with Crippen LogP contribution in [0.2, 0.25) is 0 Å². The largest absolute Gasteiger partial charge is 0.463 e. The summed E-state index contributed by atoms with van der Waals surface area (Å²) in [6.45, 7) is 1.98. The first-order chi connectivity index (χ1) is 13.4. The van der Waals surface area contributed by atoms with E-state index in [2.05, 4.69) is 5.32 Å². The van der Waals surface area contributed by atoms with Crippen LogP contribution in [-0.4, -0.2) is 59.3 Å². The molecule has 0 radical (unpaired) electrons. The molecule has 8 nitrogen and oxygen atoms in total. The van der Waals surface area contributed by atoms with Crippen molar-refractivity contribution in [2.75, 3.05) is 6.61 Å². The molecule has 1 aliphatic heterocycles. The number of rotatable bonds is 5.